The van der Waals surface area contributed by atoms with Crippen molar-refractivity contribution in [1.82, 2.24) is 9.97 Å². The fraction of sp³-hybridized carbons (Fsp3) is 0.417. The quantitative estimate of drug-likeness (QED) is 0.793. The standard InChI is InChI=1S/C12H16N2O/c1-3-5-8(2)9-6-4-7-10-11(9)14-12(15)13-10/h4,6-8H,3,5H2,1-2H3,(H2,13,14,15). The van der Waals surface area contributed by atoms with Crippen LogP contribution < -0.4 is 5.69 Å². The average Bonchev–Trinajstić information content (AvgIpc) is 2.57. The Bertz CT molecular complexity index is 510. The highest BCUT2D eigenvalue weighted by atomic mass is 16.1. The molecule has 1 atom stereocenters. The van der Waals surface area contributed by atoms with Crippen molar-refractivity contribution in [2.45, 2.75) is 32.6 Å². The predicted octanol–water partition coefficient (Wildman–Crippen LogP) is 2.76. The molecule has 0 aliphatic carbocycles. The van der Waals surface area contributed by atoms with Crippen molar-refractivity contribution < 1.29 is 0 Å². The van der Waals surface area contributed by atoms with E-state index < -0.39 is 0 Å². The van der Waals surface area contributed by atoms with Crippen LogP contribution in [0.5, 0.6) is 0 Å². The van der Waals surface area contributed by atoms with Gasteiger partial charge in [-0.15, -0.1) is 0 Å². The second kappa shape index (κ2) is 3.93. The van der Waals surface area contributed by atoms with E-state index in [0.717, 1.165) is 23.9 Å². The second-order valence-electron chi connectivity index (χ2n) is 4.04. The Hall–Kier alpha value is -1.51. The normalized spacial score (nSPS) is 13.2. The molecule has 2 N–H and O–H groups in total. The Morgan fingerprint density at radius 2 is 2.13 bits per heavy atom. The summed E-state index contributed by atoms with van der Waals surface area (Å²) in [6, 6.07) is 6.01. The van der Waals surface area contributed by atoms with E-state index in [-0.39, 0.29) is 5.69 Å². The molecule has 1 aromatic heterocycles. The molecule has 0 bridgehead atoms. The van der Waals surface area contributed by atoms with E-state index in [1.54, 1.807) is 0 Å². The number of benzene rings is 1. The third-order valence-electron chi connectivity index (χ3n) is 2.84. The van der Waals surface area contributed by atoms with Crippen LogP contribution in [0.15, 0.2) is 23.0 Å². The van der Waals surface area contributed by atoms with Gasteiger partial charge >= 0.3 is 5.69 Å². The zero-order valence-electron chi connectivity index (χ0n) is 9.13. The van der Waals surface area contributed by atoms with E-state index in [1.807, 2.05) is 12.1 Å². The van der Waals surface area contributed by atoms with Crippen molar-refractivity contribution >= 4 is 11.0 Å². The molecule has 0 saturated carbocycles. The Labute approximate surface area is 88.5 Å². The molecule has 3 nitrogen and oxygen atoms in total. The summed E-state index contributed by atoms with van der Waals surface area (Å²) in [4.78, 5) is 16.9. The van der Waals surface area contributed by atoms with Crippen molar-refractivity contribution in [2.75, 3.05) is 0 Å². The lowest BCUT2D eigenvalue weighted by atomic mass is 9.95. The van der Waals surface area contributed by atoms with Gasteiger partial charge in [-0.2, -0.15) is 0 Å². The molecule has 0 saturated heterocycles. The summed E-state index contributed by atoms with van der Waals surface area (Å²) in [5.74, 6) is 0.491. The van der Waals surface area contributed by atoms with Gasteiger partial charge in [-0.1, -0.05) is 32.4 Å². The highest BCUT2D eigenvalue weighted by molar-refractivity contribution is 5.78. The number of hydrogen-bond acceptors (Lipinski definition) is 1. The number of aromatic amines is 2. The Morgan fingerprint density at radius 3 is 2.87 bits per heavy atom. The summed E-state index contributed by atoms with van der Waals surface area (Å²) in [5.41, 5.74) is 2.97. The lowest BCUT2D eigenvalue weighted by Gasteiger charge is -2.10. The maximum absolute atomic E-state index is 11.2. The first-order valence-electron chi connectivity index (χ1n) is 5.43. The fourth-order valence-corrected chi connectivity index (χ4v) is 2.08. The highest BCUT2D eigenvalue weighted by Crippen LogP contribution is 2.25. The third-order valence-corrected chi connectivity index (χ3v) is 2.84. The second-order valence-corrected chi connectivity index (χ2v) is 4.04. The van der Waals surface area contributed by atoms with Crippen LogP contribution in [0.25, 0.3) is 11.0 Å². The van der Waals surface area contributed by atoms with Crippen molar-refractivity contribution in [1.29, 1.82) is 0 Å². The van der Waals surface area contributed by atoms with Gasteiger partial charge in [-0.25, -0.2) is 4.79 Å². The molecule has 0 spiro atoms. The van der Waals surface area contributed by atoms with Crippen molar-refractivity contribution in [3.05, 3.63) is 34.2 Å². The summed E-state index contributed by atoms with van der Waals surface area (Å²) < 4.78 is 0. The largest absolute Gasteiger partial charge is 0.323 e. The minimum absolute atomic E-state index is 0.124. The lowest BCUT2D eigenvalue weighted by Crippen LogP contribution is -2.00. The van der Waals surface area contributed by atoms with E-state index >= 15 is 0 Å². The maximum atomic E-state index is 11.2. The van der Waals surface area contributed by atoms with Gasteiger partial charge in [0.1, 0.15) is 0 Å². The molecule has 2 rings (SSSR count). The average molecular weight is 204 g/mol. The van der Waals surface area contributed by atoms with Crippen LogP contribution >= 0.6 is 0 Å². The summed E-state index contributed by atoms with van der Waals surface area (Å²) in [5, 5.41) is 0. The summed E-state index contributed by atoms with van der Waals surface area (Å²) >= 11 is 0. The molecular formula is C12H16N2O. The Balaban J connectivity index is 2.54. The number of aromatic nitrogens is 2. The number of imidazole rings is 1. The fourth-order valence-electron chi connectivity index (χ4n) is 2.08. The third kappa shape index (κ3) is 1.82. The molecule has 3 heteroatoms. The summed E-state index contributed by atoms with van der Waals surface area (Å²) in [6.07, 6.45) is 2.30. The van der Waals surface area contributed by atoms with Crippen LogP contribution in [0.1, 0.15) is 38.2 Å². The molecule has 0 aliphatic heterocycles. The molecule has 0 aliphatic rings. The van der Waals surface area contributed by atoms with E-state index in [4.69, 9.17) is 0 Å². The molecule has 2 aromatic rings. The molecule has 1 aromatic carbocycles. The first-order chi connectivity index (χ1) is 7.22. The van der Waals surface area contributed by atoms with Gasteiger partial charge in [0.2, 0.25) is 0 Å². The van der Waals surface area contributed by atoms with Crippen LogP contribution in [-0.2, 0) is 0 Å². The van der Waals surface area contributed by atoms with Crippen LogP contribution in [0.2, 0.25) is 0 Å². The Morgan fingerprint density at radius 1 is 1.33 bits per heavy atom. The minimum atomic E-state index is -0.124. The number of H-pyrrole nitrogens is 2. The van der Waals surface area contributed by atoms with Crippen LogP contribution in [0.4, 0.5) is 0 Å². The van der Waals surface area contributed by atoms with Crippen LogP contribution in [0.3, 0.4) is 0 Å². The first kappa shape index (κ1) is 10.0. The van der Waals surface area contributed by atoms with E-state index in [2.05, 4.69) is 29.9 Å². The number of rotatable bonds is 3. The van der Waals surface area contributed by atoms with E-state index in [9.17, 15) is 4.79 Å². The van der Waals surface area contributed by atoms with Gasteiger partial charge < -0.3 is 9.97 Å². The summed E-state index contributed by atoms with van der Waals surface area (Å²) in [6.45, 7) is 4.38. The van der Waals surface area contributed by atoms with Crippen LogP contribution in [-0.4, -0.2) is 9.97 Å². The highest BCUT2D eigenvalue weighted by Gasteiger charge is 2.10. The lowest BCUT2D eigenvalue weighted by molar-refractivity contribution is 0.668. The monoisotopic (exact) mass is 204 g/mol. The van der Waals surface area contributed by atoms with Crippen molar-refractivity contribution in [3.63, 3.8) is 0 Å². The van der Waals surface area contributed by atoms with Gasteiger partial charge in [0.05, 0.1) is 11.0 Å². The molecule has 15 heavy (non-hydrogen) atoms. The van der Waals surface area contributed by atoms with Gasteiger partial charge in [0.25, 0.3) is 0 Å². The number of para-hydroxylation sites is 1. The minimum Gasteiger partial charge on any atom is -0.306 e. The van der Waals surface area contributed by atoms with Crippen LogP contribution in [0, 0.1) is 0 Å². The smallest absolute Gasteiger partial charge is 0.306 e. The number of fused-ring (bicyclic) bond motifs is 1. The van der Waals surface area contributed by atoms with Gasteiger partial charge in [0, 0.05) is 0 Å². The molecule has 0 fully saturated rings. The molecule has 80 valence electrons. The zero-order valence-corrected chi connectivity index (χ0v) is 9.13. The van der Waals surface area contributed by atoms with Gasteiger partial charge in [-0.05, 0) is 24.0 Å². The summed E-state index contributed by atoms with van der Waals surface area (Å²) in [7, 11) is 0. The van der Waals surface area contributed by atoms with Gasteiger partial charge in [0.15, 0.2) is 0 Å². The SMILES string of the molecule is CCCC(C)c1cccc2[nH]c(=O)[nH]c12. The number of nitrogens with one attached hydrogen (secondary N) is 2. The van der Waals surface area contributed by atoms with Crippen molar-refractivity contribution in [2.24, 2.45) is 0 Å². The molecular weight excluding hydrogens is 188 g/mol. The van der Waals surface area contributed by atoms with E-state index in [1.165, 1.54) is 5.56 Å². The van der Waals surface area contributed by atoms with Gasteiger partial charge in [-0.3, -0.25) is 0 Å². The molecule has 0 amide bonds. The molecule has 0 radical (unpaired) electrons. The molecule has 1 unspecified atom stereocenters. The maximum Gasteiger partial charge on any atom is 0.323 e. The topological polar surface area (TPSA) is 48.6 Å². The number of hydrogen-bond donors (Lipinski definition) is 2. The first-order valence-corrected chi connectivity index (χ1v) is 5.43. The predicted molar refractivity (Wildman–Crippen MR) is 62.2 cm³/mol. The zero-order chi connectivity index (χ0) is 10.8. The molecule has 1 heterocycles. The Kier molecular flexibility index (Phi) is 2.62. The van der Waals surface area contributed by atoms with E-state index in [0.29, 0.717) is 5.92 Å². The van der Waals surface area contributed by atoms with Crippen molar-refractivity contribution in [3.8, 4) is 0 Å².